The maximum atomic E-state index is 12.2. The highest BCUT2D eigenvalue weighted by molar-refractivity contribution is 4.82. The number of rotatable bonds is 2. The topological polar surface area (TPSA) is 9.23 Å². The molecule has 0 aromatic carbocycles. The third-order valence-corrected chi connectivity index (χ3v) is 1.77. The molecule has 77 valence electrons. The lowest BCUT2D eigenvalue weighted by atomic mass is 10.3. The molecule has 1 radical (unpaired) electrons. The van der Waals surface area contributed by atoms with Crippen LogP contribution in [0.25, 0.3) is 0 Å². The normalized spacial score (nSPS) is 21.0. The number of hydrogen-bond acceptors (Lipinski definition) is 1. The standard InChI is InChI=1S/C7H8F5O/c8-6(9,10)7(11,12)13-5-3-1-2-4-5/h1,5H,2-4H2. The van der Waals surface area contributed by atoms with Crippen LogP contribution in [0, 0.1) is 6.42 Å². The van der Waals surface area contributed by atoms with Gasteiger partial charge < -0.3 is 4.74 Å². The predicted octanol–water partition coefficient (Wildman–Crippen LogP) is 2.91. The maximum absolute atomic E-state index is 12.2. The van der Waals surface area contributed by atoms with Crippen molar-refractivity contribution >= 4 is 0 Å². The van der Waals surface area contributed by atoms with Crippen molar-refractivity contribution in [3.63, 3.8) is 0 Å². The molecule has 1 nitrogen and oxygen atoms in total. The van der Waals surface area contributed by atoms with Gasteiger partial charge in [0.05, 0.1) is 6.10 Å². The van der Waals surface area contributed by atoms with E-state index in [0.717, 1.165) is 0 Å². The highest BCUT2D eigenvalue weighted by Crippen LogP contribution is 2.39. The van der Waals surface area contributed by atoms with Crippen LogP contribution in [0.5, 0.6) is 0 Å². The highest BCUT2D eigenvalue weighted by Gasteiger charge is 2.60. The molecule has 0 saturated heterocycles. The monoisotopic (exact) mass is 203 g/mol. The van der Waals surface area contributed by atoms with Crippen molar-refractivity contribution < 1.29 is 26.7 Å². The molecule has 0 heterocycles. The summed E-state index contributed by atoms with van der Waals surface area (Å²) in [7, 11) is 0. The van der Waals surface area contributed by atoms with Crippen molar-refractivity contribution in [2.24, 2.45) is 0 Å². The second kappa shape index (κ2) is 3.40. The Balaban J connectivity index is 2.50. The van der Waals surface area contributed by atoms with Crippen LogP contribution in [0.1, 0.15) is 19.3 Å². The van der Waals surface area contributed by atoms with Crippen LogP contribution in [-0.2, 0) is 4.74 Å². The Morgan fingerprint density at radius 2 is 1.77 bits per heavy atom. The molecule has 0 bridgehead atoms. The Labute approximate surface area is 71.9 Å². The second-order valence-electron chi connectivity index (χ2n) is 2.86. The van der Waals surface area contributed by atoms with E-state index in [2.05, 4.69) is 4.74 Å². The summed E-state index contributed by atoms with van der Waals surface area (Å²) in [5.74, 6) is 0. The first-order valence-electron chi connectivity index (χ1n) is 3.77. The van der Waals surface area contributed by atoms with Gasteiger partial charge in [0.15, 0.2) is 0 Å². The fourth-order valence-electron chi connectivity index (χ4n) is 1.11. The molecule has 1 atom stereocenters. The fraction of sp³-hybridized carbons (Fsp3) is 0.857. The summed E-state index contributed by atoms with van der Waals surface area (Å²) in [6.07, 6.45) is -9.09. The van der Waals surface area contributed by atoms with Gasteiger partial charge >= 0.3 is 12.3 Å². The average Bonchev–Trinajstić information content (AvgIpc) is 2.35. The summed E-state index contributed by atoms with van der Waals surface area (Å²) in [5.41, 5.74) is 0. The number of hydrogen-bond donors (Lipinski definition) is 0. The first-order valence-corrected chi connectivity index (χ1v) is 3.77. The minimum Gasteiger partial charge on any atom is -0.310 e. The molecular formula is C7H8F5O. The van der Waals surface area contributed by atoms with E-state index in [0.29, 0.717) is 6.42 Å². The Bertz CT molecular complexity index is 170. The van der Waals surface area contributed by atoms with E-state index < -0.39 is 18.4 Å². The number of alkyl halides is 5. The zero-order valence-electron chi connectivity index (χ0n) is 6.57. The first kappa shape index (κ1) is 10.7. The van der Waals surface area contributed by atoms with Crippen molar-refractivity contribution in [3.8, 4) is 0 Å². The molecule has 6 heteroatoms. The molecule has 0 N–H and O–H groups in total. The van der Waals surface area contributed by atoms with Gasteiger partial charge in [0.25, 0.3) is 0 Å². The Morgan fingerprint density at radius 3 is 2.15 bits per heavy atom. The molecule has 1 aliphatic carbocycles. The van der Waals surface area contributed by atoms with Gasteiger partial charge in [0.2, 0.25) is 0 Å². The molecule has 1 saturated carbocycles. The molecule has 0 aromatic rings. The van der Waals surface area contributed by atoms with Crippen molar-refractivity contribution in [1.82, 2.24) is 0 Å². The molecule has 1 aliphatic rings. The van der Waals surface area contributed by atoms with Crippen molar-refractivity contribution in [1.29, 1.82) is 0 Å². The van der Waals surface area contributed by atoms with Crippen LogP contribution in [0.2, 0.25) is 0 Å². The van der Waals surface area contributed by atoms with Gasteiger partial charge in [-0.15, -0.1) is 0 Å². The summed E-state index contributed by atoms with van der Waals surface area (Å²) >= 11 is 0. The minimum atomic E-state index is -5.62. The Morgan fingerprint density at radius 1 is 1.15 bits per heavy atom. The Hall–Kier alpha value is -0.390. The molecule has 0 amide bonds. The zero-order valence-corrected chi connectivity index (χ0v) is 6.57. The van der Waals surface area contributed by atoms with Crippen LogP contribution in [0.4, 0.5) is 22.0 Å². The quantitative estimate of drug-likeness (QED) is 0.627. The smallest absolute Gasteiger partial charge is 0.310 e. The van der Waals surface area contributed by atoms with E-state index in [1.54, 1.807) is 6.42 Å². The SMILES string of the molecule is FC(F)(F)C(F)(F)OC1C[CH]CC1. The molecule has 1 unspecified atom stereocenters. The van der Waals surface area contributed by atoms with E-state index in [4.69, 9.17) is 0 Å². The second-order valence-corrected chi connectivity index (χ2v) is 2.86. The lowest BCUT2D eigenvalue weighted by molar-refractivity contribution is -0.401. The molecule has 0 aromatic heterocycles. The van der Waals surface area contributed by atoms with Gasteiger partial charge in [0.1, 0.15) is 0 Å². The van der Waals surface area contributed by atoms with E-state index in [-0.39, 0.29) is 12.8 Å². The number of halogens is 5. The van der Waals surface area contributed by atoms with E-state index in [1.807, 2.05) is 0 Å². The molecule has 13 heavy (non-hydrogen) atoms. The van der Waals surface area contributed by atoms with Gasteiger partial charge in [-0.2, -0.15) is 22.0 Å². The third-order valence-electron chi connectivity index (χ3n) is 1.77. The van der Waals surface area contributed by atoms with E-state index >= 15 is 0 Å². The Kier molecular flexibility index (Phi) is 2.79. The summed E-state index contributed by atoms with van der Waals surface area (Å²) in [4.78, 5) is 0. The van der Waals surface area contributed by atoms with Crippen LogP contribution in [0.3, 0.4) is 0 Å². The lowest BCUT2D eigenvalue weighted by Gasteiger charge is -2.22. The van der Waals surface area contributed by atoms with Gasteiger partial charge in [0, 0.05) is 0 Å². The average molecular weight is 203 g/mol. The van der Waals surface area contributed by atoms with Gasteiger partial charge in [-0.1, -0.05) is 0 Å². The van der Waals surface area contributed by atoms with Gasteiger partial charge in [-0.05, 0) is 25.7 Å². The van der Waals surface area contributed by atoms with Crippen LogP contribution >= 0.6 is 0 Å². The molecule has 0 aliphatic heterocycles. The third kappa shape index (κ3) is 2.52. The minimum absolute atomic E-state index is 0.158. The summed E-state index contributed by atoms with van der Waals surface area (Å²) in [5, 5.41) is 0. The first-order chi connectivity index (χ1) is 5.83. The lowest BCUT2D eigenvalue weighted by Crippen LogP contribution is -2.41. The van der Waals surface area contributed by atoms with Crippen molar-refractivity contribution in [2.45, 2.75) is 37.7 Å². The number of ether oxygens (including phenoxy) is 1. The summed E-state index contributed by atoms with van der Waals surface area (Å²) in [6.45, 7) is 0. The summed E-state index contributed by atoms with van der Waals surface area (Å²) in [6, 6.07) is 0. The molecular weight excluding hydrogens is 195 g/mol. The van der Waals surface area contributed by atoms with Crippen LogP contribution in [-0.4, -0.2) is 18.4 Å². The van der Waals surface area contributed by atoms with Crippen LogP contribution < -0.4 is 0 Å². The molecule has 1 fully saturated rings. The van der Waals surface area contributed by atoms with Crippen LogP contribution in [0.15, 0.2) is 0 Å². The molecule has 1 rings (SSSR count). The summed E-state index contributed by atoms with van der Waals surface area (Å²) < 4.78 is 62.9. The van der Waals surface area contributed by atoms with Crippen molar-refractivity contribution in [3.05, 3.63) is 6.42 Å². The van der Waals surface area contributed by atoms with E-state index in [1.165, 1.54) is 0 Å². The van der Waals surface area contributed by atoms with Gasteiger partial charge in [-0.3, -0.25) is 0 Å². The highest BCUT2D eigenvalue weighted by atomic mass is 19.4. The van der Waals surface area contributed by atoms with E-state index in [9.17, 15) is 22.0 Å². The molecule has 0 spiro atoms. The largest absolute Gasteiger partial charge is 0.482 e. The van der Waals surface area contributed by atoms with Gasteiger partial charge in [-0.25, -0.2) is 0 Å². The fourth-order valence-corrected chi connectivity index (χ4v) is 1.11. The predicted molar refractivity (Wildman–Crippen MR) is 34.0 cm³/mol. The zero-order chi connectivity index (χ0) is 10.1. The van der Waals surface area contributed by atoms with Crippen molar-refractivity contribution in [2.75, 3.05) is 0 Å². The maximum Gasteiger partial charge on any atom is 0.482 e.